The van der Waals surface area contributed by atoms with Crippen molar-refractivity contribution in [3.05, 3.63) is 64.7 Å². The first-order valence-corrected chi connectivity index (χ1v) is 8.43. The number of rotatable bonds is 1. The third-order valence-corrected chi connectivity index (χ3v) is 4.73. The average molecular weight is 323 g/mol. The molecule has 2 aliphatic rings. The lowest BCUT2D eigenvalue weighted by Gasteiger charge is -2.30. The van der Waals surface area contributed by atoms with Crippen LogP contribution in [0.5, 0.6) is 5.75 Å². The summed E-state index contributed by atoms with van der Waals surface area (Å²) in [6.45, 7) is 4.30. The van der Waals surface area contributed by atoms with Crippen LogP contribution in [0.4, 0.5) is 0 Å². The van der Waals surface area contributed by atoms with Crippen molar-refractivity contribution >= 4 is 5.91 Å². The molecule has 0 aromatic heterocycles. The number of benzene rings is 2. The summed E-state index contributed by atoms with van der Waals surface area (Å²) >= 11 is 0. The first kappa shape index (κ1) is 15.2. The van der Waals surface area contributed by atoms with Gasteiger partial charge in [0.25, 0.3) is 5.91 Å². The summed E-state index contributed by atoms with van der Waals surface area (Å²) in [5.41, 5.74) is 4.45. The van der Waals surface area contributed by atoms with Crippen LogP contribution in [0.15, 0.2) is 42.5 Å². The second-order valence-electron chi connectivity index (χ2n) is 6.42. The molecule has 0 aliphatic carbocycles. The topological polar surface area (TPSA) is 38.8 Å². The fourth-order valence-electron chi connectivity index (χ4n) is 3.48. The molecule has 2 heterocycles. The van der Waals surface area contributed by atoms with E-state index in [4.69, 9.17) is 9.47 Å². The highest BCUT2D eigenvalue weighted by atomic mass is 16.5. The van der Waals surface area contributed by atoms with E-state index in [0.29, 0.717) is 26.3 Å². The van der Waals surface area contributed by atoms with Crippen molar-refractivity contribution in [2.45, 2.75) is 26.0 Å². The van der Waals surface area contributed by atoms with E-state index >= 15 is 0 Å². The lowest BCUT2D eigenvalue weighted by atomic mass is 9.96. The van der Waals surface area contributed by atoms with Crippen LogP contribution in [0.3, 0.4) is 0 Å². The fraction of sp³-hybridized carbons (Fsp3) is 0.350. The van der Waals surface area contributed by atoms with E-state index in [1.165, 1.54) is 11.1 Å². The summed E-state index contributed by atoms with van der Waals surface area (Å²) in [6, 6.07) is 14.2. The molecule has 2 aliphatic heterocycles. The molecule has 0 bridgehead atoms. The van der Waals surface area contributed by atoms with Gasteiger partial charge in [-0.2, -0.15) is 0 Å². The van der Waals surface area contributed by atoms with E-state index in [9.17, 15) is 4.79 Å². The molecule has 4 heteroatoms. The summed E-state index contributed by atoms with van der Waals surface area (Å²) in [5, 5.41) is 0. The van der Waals surface area contributed by atoms with Crippen molar-refractivity contribution in [1.29, 1.82) is 0 Å². The maximum Gasteiger partial charge on any atom is 0.256 e. The summed E-state index contributed by atoms with van der Waals surface area (Å²) in [6.07, 6.45) is 0.367. The Labute approximate surface area is 142 Å². The molecular weight excluding hydrogens is 302 g/mol. The van der Waals surface area contributed by atoms with Gasteiger partial charge in [-0.25, -0.2) is 0 Å². The van der Waals surface area contributed by atoms with Gasteiger partial charge in [0, 0.05) is 12.1 Å². The normalized spacial score (nSPS) is 19.7. The van der Waals surface area contributed by atoms with Gasteiger partial charge in [-0.1, -0.05) is 42.0 Å². The molecule has 0 saturated heterocycles. The third-order valence-electron chi connectivity index (χ3n) is 4.73. The zero-order valence-electron chi connectivity index (χ0n) is 13.8. The summed E-state index contributed by atoms with van der Waals surface area (Å²) < 4.78 is 11.6. The lowest BCUT2D eigenvalue weighted by Crippen LogP contribution is -2.38. The highest BCUT2D eigenvalue weighted by molar-refractivity contribution is 5.83. The van der Waals surface area contributed by atoms with Crippen molar-refractivity contribution in [3.8, 4) is 5.75 Å². The molecule has 1 unspecified atom stereocenters. The maximum absolute atomic E-state index is 13.1. The van der Waals surface area contributed by atoms with Crippen LogP contribution >= 0.6 is 0 Å². The summed E-state index contributed by atoms with van der Waals surface area (Å²) in [5.74, 6) is 0.904. The van der Waals surface area contributed by atoms with Crippen LogP contribution in [0.2, 0.25) is 0 Å². The largest absolute Gasteiger partial charge is 0.491 e. The minimum Gasteiger partial charge on any atom is -0.491 e. The Morgan fingerprint density at radius 2 is 2.00 bits per heavy atom. The fourth-order valence-corrected chi connectivity index (χ4v) is 3.48. The molecule has 2 aromatic carbocycles. The third kappa shape index (κ3) is 2.78. The van der Waals surface area contributed by atoms with Crippen LogP contribution < -0.4 is 4.74 Å². The number of hydrogen-bond donors (Lipinski definition) is 0. The minimum absolute atomic E-state index is 0.0279. The zero-order chi connectivity index (χ0) is 16.5. The van der Waals surface area contributed by atoms with E-state index in [0.717, 1.165) is 23.3 Å². The minimum atomic E-state index is -0.499. The van der Waals surface area contributed by atoms with Gasteiger partial charge in [0.2, 0.25) is 0 Å². The van der Waals surface area contributed by atoms with Gasteiger partial charge in [-0.15, -0.1) is 0 Å². The monoisotopic (exact) mass is 323 g/mol. The molecule has 2 aromatic rings. The molecule has 24 heavy (non-hydrogen) atoms. The Morgan fingerprint density at radius 3 is 2.92 bits per heavy atom. The van der Waals surface area contributed by atoms with Crippen molar-refractivity contribution in [2.75, 3.05) is 19.8 Å². The molecule has 0 N–H and O–H groups in total. The van der Waals surface area contributed by atoms with Gasteiger partial charge in [-0.05, 0) is 30.5 Å². The van der Waals surface area contributed by atoms with Crippen molar-refractivity contribution in [1.82, 2.24) is 4.90 Å². The lowest BCUT2D eigenvalue weighted by molar-refractivity contribution is -0.146. The second kappa shape index (κ2) is 6.29. The van der Waals surface area contributed by atoms with Crippen LogP contribution in [0, 0.1) is 6.92 Å². The standard InChI is InChI=1S/C20H21NO3/c1-14-6-7-18-16(12-14)13-21(9-11-23-18)20(22)19-17-5-3-2-4-15(17)8-10-24-19/h2-7,12,19H,8-11,13H2,1H3. The Balaban J connectivity index is 1.61. The number of ether oxygens (including phenoxy) is 2. The highest BCUT2D eigenvalue weighted by Crippen LogP contribution is 2.31. The Hall–Kier alpha value is -2.33. The molecular formula is C20H21NO3. The van der Waals surface area contributed by atoms with Gasteiger partial charge >= 0.3 is 0 Å². The number of carbonyl (C=O) groups is 1. The number of hydrogen-bond acceptors (Lipinski definition) is 3. The summed E-state index contributed by atoms with van der Waals surface area (Å²) in [7, 11) is 0. The van der Waals surface area contributed by atoms with E-state index in [-0.39, 0.29) is 5.91 Å². The van der Waals surface area contributed by atoms with Gasteiger partial charge in [0.1, 0.15) is 12.4 Å². The summed E-state index contributed by atoms with van der Waals surface area (Å²) in [4.78, 5) is 15.0. The van der Waals surface area contributed by atoms with Gasteiger partial charge in [0.15, 0.2) is 6.10 Å². The maximum atomic E-state index is 13.1. The molecule has 1 atom stereocenters. The van der Waals surface area contributed by atoms with E-state index in [1.807, 2.05) is 35.2 Å². The zero-order valence-corrected chi connectivity index (χ0v) is 13.8. The van der Waals surface area contributed by atoms with Gasteiger partial charge in [0.05, 0.1) is 13.2 Å². The number of aryl methyl sites for hydroxylation is 1. The predicted octanol–water partition coefficient (Wildman–Crippen LogP) is 3.03. The van der Waals surface area contributed by atoms with Crippen LogP contribution in [-0.2, 0) is 22.5 Å². The SMILES string of the molecule is Cc1ccc2c(c1)CN(C(=O)C1OCCc3ccccc31)CCO2. The number of carbonyl (C=O) groups excluding carboxylic acids is 1. The smallest absolute Gasteiger partial charge is 0.256 e. The van der Waals surface area contributed by atoms with E-state index in [2.05, 4.69) is 19.1 Å². The number of nitrogens with zero attached hydrogens (tertiary/aromatic N) is 1. The second-order valence-corrected chi connectivity index (χ2v) is 6.42. The average Bonchev–Trinajstić information content (AvgIpc) is 2.82. The Morgan fingerprint density at radius 1 is 1.12 bits per heavy atom. The van der Waals surface area contributed by atoms with Gasteiger partial charge < -0.3 is 14.4 Å². The van der Waals surface area contributed by atoms with Crippen LogP contribution in [0.25, 0.3) is 0 Å². The van der Waals surface area contributed by atoms with Crippen LogP contribution in [0.1, 0.15) is 28.4 Å². The van der Waals surface area contributed by atoms with Gasteiger partial charge in [-0.3, -0.25) is 4.79 Å². The quantitative estimate of drug-likeness (QED) is 0.810. The molecule has 0 spiro atoms. The molecule has 1 amide bonds. The molecule has 0 fully saturated rings. The van der Waals surface area contributed by atoms with E-state index < -0.39 is 6.10 Å². The number of fused-ring (bicyclic) bond motifs is 2. The van der Waals surface area contributed by atoms with Crippen molar-refractivity contribution in [3.63, 3.8) is 0 Å². The first-order chi connectivity index (χ1) is 11.7. The molecule has 4 nitrogen and oxygen atoms in total. The Bertz CT molecular complexity index is 771. The van der Waals surface area contributed by atoms with E-state index in [1.54, 1.807) is 0 Å². The van der Waals surface area contributed by atoms with Crippen molar-refractivity contribution in [2.24, 2.45) is 0 Å². The van der Waals surface area contributed by atoms with Crippen molar-refractivity contribution < 1.29 is 14.3 Å². The Kier molecular flexibility index (Phi) is 3.98. The van der Waals surface area contributed by atoms with Crippen LogP contribution in [-0.4, -0.2) is 30.6 Å². The number of amides is 1. The molecule has 0 saturated carbocycles. The first-order valence-electron chi connectivity index (χ1n) is 8.43. The molecule has 124 valence electrons. The molecule has 0 radical (unpaired) electrons. The molecule has 4 rings (SSSR count). The highest BCUT2D eigenvalue weighted by Gasteiger charge is 2.32. The predicted molar refractivity (Wildman–Crippen MR) is 90.9 cm³/mol.